The van der Waals surface area contributed by atoms with Crippen molar-refractivity contribution in [3.63, 3.8) is 0 Å². The predicted octanol–water partition coefficient (Wildman–Crippen LogP) is 6.94. The number of hydrogen-bond acceptors (Lipinski definition) is 8. The molecular formula is C42H60O8. The maximum atomic E-state index is 11.3. The van der Waals surface area contributed by atoms with Crippen molar-refractivity contribution in [1.29, 1.82) is 0 Å². The van der Waals surface area contributed by atoms with Gasteiger partial charge >= 0.3 is 0 Å². The predicted molar refractivity (Wildman–Crippen MR) is 192 cm³/mol. The largest absolute Gasteiger partial charge is 0.390 e. The zero-order chi connectivity index (χ0) is 35.5. The zero-order valence-electron chi connectivity index (χ0n) is 30.7. The molecule has 0 amide bonds. The second kappa shape index (κ2) is 15.8. The van der Waals surface area contributed by atoms with Crippen LogP contribution in [0.15, 0.2) is 73.3 Å². The SMILES string of the molecule is C=CC[C@H](C)[C@H](C)C[C@@H](O)[C@H](O)[C@@H]1CC[C@@]2(C)O[C@@]3(C)C[C@@]4(C)O[C@@H](COCc5ccccc5)[C@H](OCc5ccccc5)C[C@@H]4O[C@@H]3C[C@@H]2O1. The molecule has 13 atom stereocenters. The normalized spacial score (nSPS) is 37.7. The second-order valence-corrected chi connectivity index (χ2v) is 16.3. The quantitative estimate of drug-likeness (QED) is 0.206. The smallest absolute Gasteiger partial charge is 0.108 e. The average molecular weight is 693 g/mol. The Labute approximate surface area is 299 Å². The van der Waals surface area contributed by atoms with Crippen molar-refractivity contribution < 1.29 is 38.6 Å². The molecule has 4 fully saturated rings. The van der Waals surface area contributed by atoms with Gasteiger partial charge in [0.25, 0.3) is 0 Å². The summed E-state index contributed by atoms with van der Waals surface area (Å²) < 4.78 is 40.4. The molecule has 276 valence electrons. The first-order valence-corrected chi connectivity index (χ1v) is 18.8. The minimum Gasteiger partial charge on any atom is -0.390 e. The van der Waals surface area contributed by atoms with E-state index in [1.165, 1.54) is 0 Å². The number of allylic oxidation sites excluding steroid dienone is 1. The number of fused-ring (bicyclic) bond motifs is 3. The summed E-state index contributed by atoms with van der Waals surface area (Å²) in [4.78, 5) is 0. The molecule has 2 aromatic rings. The minimum absolute atomic E-state index is 0.203. The molecule has 0 aliphatic carbocycles. The van der Waals surface area contributed by atoms with Gasteiger partial charge in [0, 0.05) is 19.3 Å². The number of ether oxygens (including phenoxy) is 6. The Balaban J connectivity index is 1.13. The van der Waals surface area contributed by atoms with Crippen LogP contribution in [0.25, 0.3) is 0 Å². The fourth-order valence-corrected chi connectivity index (χ4v) is 8.89. The van der Waals surface area contributed by atoms with E-state index in [2.05, 4.69) is 65.5 Å². The summed E-state index contributed by atoms with van der Waals surface area (Å²) in [5, 5.41) is 22.3. The third-order valence-electron chi connectivity index (χ3n) is 12.1. The Hall–Kier alpha value is -2.14. The van der Waals surface area contributed by atoms with E-state index in [0.29, 0.717) is 57.8 Å². The zero-order valence-corrected chi connectivity index (χ0v) is 30.7. The van der Waals surface area contributed by atoms with Crippen LogP contribution >= 0.6 is 0 Å². The van der Waals surface area contributed by atoms with E-state index in [1.807, 2.05) is 42.5 Å². The fourth-order valence-electron chi connectivity index (χ4n) is 8.89. The van der Waals surface area contributed by atoms with Crippen molar-refractivity contribution in [3.8, 4) is 0 Å². The molecule has 4 aliphatic rings. The van der Waals surface area contributed by atoms with E-state index in [1.54, 1.807) is 0 Å². The van der Waals surface area contributed by atoms with Gasteiger partial charge in [-0.3, -0.25) is 0 Å². The summed E-state index contributed by atoms with van der Waals surface area (Å²) in [6, 6.07) is 20.4. The molecule has 6 rings (SSSR count). The summed E-state index contributed by atoms with van der Waals surface area (Å²) in [5.41, 5.74) is 0.502. The molecule has 0 aromatic heterocycles. The number of hydrogen-bond donors (Lipinski definition) is 2. The van der Waals surface area contributed by atoms with Gasteiger partial charge in [0.15, 0.2) is 0 Å². The maximum absolute atomic E-state index is 11.3. The number of aliphatic hydroxyl groups excluding tert-OH is 2. The lowest BCUT2D eigenvalue weighted by molar-refractivity contribution is -0.373. The van der Waals surface area contributed by atoms with E-state index in [4.69, 9.17) is 28.4 Å². The van der Waals surface area contributed by atoms with Gasteiger partial charge in [-0.1, -0.05) is 80.6 Å². The summed E-state index contributed by atoms with van der Waals surface area (Å²) in [7, 11) is 0. The molecule has 0 spiro atoms. The number of aliphatic hydroxyl groups is 2. The van der Waals surface area contributed by atoms with Crippen LogP contribution in [0.5, 0.6) is 0 Å². The van der Waals surface area contributed by atoms with Gasteiger partial charge in [0.1, 0.15) is 12.2 Å². The van der Waals surface area contributed by atoms with Crippen LogP contribution in [0.3, 0.4) is 0 Å². The lowest BCUT2D eigenvalue weighted by Crippen LogP contribution is -2.72. The van der Waals surface area contributed by atoms with E-state index in [9.17, 15) is 10.2 Å². The summed E-state index contributed by atoms with van der Waals surface area (Å²) in [6.45, 7) is 16.0. The molecule has 0 unspecified atom stereocenters. The van der Waals surface area contributed by atoms with Crippen LogP contribution in [0.4, 0.5) is 0 Å². The topological polar surface area (TPSA) is 95.8 Å². The molecule has 2 aromatic carbocycles. The molecule has 4 heterocycles. The summed E-state index contributed by atoms with van der Waals surface area (Å²) >= 11 is 0. The van der Waals surface area contributed by atoms with Gasteiger partial charge in [-0.25, -0.2) is 0 Å². The highest BCUT2D eigenvalue weighted by molar-refractivity contribution is 5.15. The summed E-state index contributed by atoms with van der Waals surface area (Å²) in [5.74, 6) is 0.635. The van der Waals surface area contributed by atoms with Crippen LogP contribution < -0.4 is 0 Å². The molecule has 4 saturated heterocycles. The highest BCUT2D eigenvalue weighted by Crippen LogP contribution is 2.53. The van der Waals surface area contributed by atoms with Gasteiger partial charge in [0.2, 0.25) is 0 Å². The van der Waals surface area contributed by atoms with Crippen LogP contribution in [-0.2, 0) is 41.6 Å². The van der Waals surface area contributed by atoms with Gasteiger partial charge in [-0.2, -0.15) is 0 Å². The van der Waals surface area contributed by atoms with Gasteiger partial charge in [-0.15, -0.1) is 6.58 Å². The Morgan fingerprint density at radius 1 is 0.840 bits per heavy atom. The maximum Gasteiger partial charge on any atom is 0.108 e. The molecule has 0 saturated carbocycles. The van der Waals surface area contributed by atoms with Gasteiger partial charge in [0.05, 0.1) is 73.2 Å². The van der Waals surface area contributed by atoms with Crippen LogP contribution in [0.1, 0.15) is 90.7 Å². The van der Waals surface area contributed by atoms with E-state index < -0.39 is 35.1 Å². The number of rotatable bonds is 14. The third-order valence-corrected chi connectivity index (χ3v) is 12.1. The Kier molecular flexibility index (Phi) is 11.9. The van der Waals surface area contributed by atoms with Crippen molar-refractivity contribution in [2.24, 2.45) is 11.8 Å². The molecular weight excluding hydrogens is 632 g/mol. The summed E-state index contributed by atoms with van der Waals surface area (Å²) in [6.07, 6.45) is 3.19. The third kappa shape index (κ3) is 8.39. The minimum atomic E-state index is -0.961. The van der Waals surface area contributed by atoms with E-state index >= 15 is 0 Å². The van der Waals surface area contributed by atoms with Crippen molar-refractivity contribution >= 4 is 0 Å². The Bertz CT molecular complexity index is 1370. The van der Waals surface area contributed by atoms with Crippen LogP contribution in [0, 0.1) is 11.8 Å². The highest BCUT2D eigenvalue weighted by Gasteiger charge is 2.63. The molecule has 8 nitrogen and oxygen atoms in total. The standard InChI is InChI=1S/C42H60O8/c1-7-14-28(2)29(3)21-32(43)39(44)33-19-20-40(4)37(47-33)23-38-42(6,50-40)27-41(5)36(48-38)22-34(46-25-31-17-12-9-13-18-31)35(49-41)26-45-24-30-15-10-8-11-16-30/h7-13,15-18,28-29,32-39,43-44H,1,14,19-27H2,2-6H3/t28-,29+,32+,33-,34+,35-,36-,37-,38+,39-,40+,41+,42-/m0/s1. The Morgan fingerprint density at radius 2 is 1.48 bits per heavy atom. The van der Waals surface area contributed by atoms with Crippen molar-refractivity contribution in [2.75, 3.05) is 6.61 Å². The van der Waals surface area contributed by atoms with Gasteiger partial charge < -0.3 is 38.6 Å². The molecule has 50 heavy (non-hydrogen) atoms. The average Bonchev–Trinajstić information content (AvgIpc) is 3.09. The monoisotopic (exact) mass is 692 g/mol. The van der Waals surface area contributed by atoms with Crippen LogP contribution in [-0.4, -0.2) is 82.5 Å². The first-order chi connectivity index (χ1) is 23.9. The first-order valence-electron chi connectivity index (χ1n) is 18.8. The number of benzene rings is 2. The van der Waals surface area contributed by atoms with Crippen molar-refractivity contribution in [1.82, 2.24) is 0 Å². The highest BCUT2D eigenvalue weighted by atomic mass is 16.6. The van der Waals surface area contributed by atoms with Crippen molar-refractivity contribution in [3.05, 3.63) is 84.4 Å². The van der Waals surface area contributed by atoms with E-state index in [0.717, 1.165) is 24.0 Å². The molecule has 8 heteroatoms. The van der Waals surface area contributed by atoms with Gasteiger partial charge in [-0.05, 0) is 69.4 Å². The van der Waals surface area contributed by atoms with Crippen LogP contribution in [0.2, 0.25) is 0 Å². The molecule has 2 N–H and O–H groups in total. The second-order valence-electron chi connectivity index (χ2n) is 16.3. The molecule has 0 bridgehead atoms. The Morgan fingerprint density at radius 3 is 2.16 bits per heavy atom. The lowest BCUT2D eigenvalue weighted by atomic mass is 9.69. The van der Waals surface area contributed by atoms with E-state index in [-0.39, 0.29) is 36.4 Å². The molecule has 0 radical (unpaired) electrons. The molecule has 4 aliphatic heterocycles. The van der Waals surface area contributed by atoms with Crippen molar-refractivity contribution in [2.45, 2.75) is 158 Å². The first kappa shape index (κ1) is 37.6. The lowest BCUT2D eigenvalue weighted by Gasteiger charge is -2.63. The fraction of sp³-hybridized carbons (Fsp3) is 0.667.